The van der Waals surface area contributed by atoms with Crippen LogP contribution in [0.3, 0.4) is 0 Å². The van der Waals surface area contributed by atoms with E-state index in [0.29, 0.717) is 0 Å². The molecule has 0 aromatic rings. The molecule has 0 aromatic carbocycles. The molecule has 0 saturated carbocycles. The van der Waals surface area contributed by atoms with E-state index in [9.17, 15) is 0 Å². The molecule has 0 radical (unpaired) electrons. The van der Waals surface area contributed by atoms with Gasteiger partial charge in [-0.3, -0.25) is 0 Å². The zero-order valence-electron chi connectivity index (χ0n) is 5.69. The molecule has 2 N–H and O–H groups in total. The molecule has 52 valence electrons. The molecule has 9 heavy (non-hydrogen) atoms. The number of fused-ring (bicyclic) bond motifs is 3. The molecule has 3 rings (SSSR count). The van der Waals surface area contributed by atoms with Crippen LogP contribution in [0.4, 0.5) is 0 Å². The van der Waals surface area contributed by atoms with Gasteiger partial charge >= 0.3 is 0 Å². The maximum atomic E-state index is 4.06. The molecule has 2 nitrogen and oxygen atoms in total. The van der Waals surface area contributed by atoms with Crippen molar-refractivity contribution < 1.29 is 4.90 Å². The molecule has 0 aliphatic carbocycles. The summed E-state index contributed by atoms with van der Waals surface area (Å²) in [7, 11) is 4.06. The van der Waals surface area contributed by atoms with Crippen molar-refractivity contribution in [3.63, 3.8) is 0 Å². The molecule has 0 amide bonds. The molecule has 2 heteroatoms. The topological polar surface area (TPSA) is 16.5 Å². The van der Waals surface area contributed by atoms with Crippen molar-refractivity contribution in [3.05, 3.63) is 7.05 Å². The van der Waals surface area contributed by atoms with Gasteiger partial charge in [-0.25, -0.2) is 0 Å². The molecule has 3 saturated heterocycles. The van der Waals surface area contributed by atoms with Crippen molar-refractivity contribution in [2.75, 3.05) is 13.1 Å². The highest BCUT2D eigenvalue weighted by molar-refractivity contribution is 4.81. The van der Waals surface area contributed by atoms with Crippen LogP contribution in [0.25, 0.3) is 0 Å². The summed E-state index contributed by atoms with van der Waals surface area (Å²) >= 11 is 0. The average molecular weight is 126 g/mol. The second-order valence-electron chi connectivity index (χ2n) is 3.24. The fourth-order valence-corrected chi connectivity index (χ4v) is 1.92. The first-order valence-corrected chi connectivity index (χ1v) is 3.77. The zero-order valence-corrected chi connectivity index (χ0v) is 5.69. The maximum Gasteiger partial charge on any atom is 0.0762 e. The third kappa shape index (κ3) is 0.864. The summed E-state index contributed by atoms with van der Waals surface area (Å²) in [5.74, 6) is 0. The van der Waals surface area contributed by atoms with Crippen molar-refractivity contribution in [3.8, 4) is 0 Å². The van der Waals surface area contributed by atoms with E-state index >= 15 is 0 Å². The monoisotopic (exact) mass is 126 g/mol. The van der Waals surface area contributed by atoms with E-state index in [2.05, 4.69) is 12.4 Å². The lowest BCUT2D eigenvalue weighted by atomic mass is 9.94. The van der Waals surface area contributed by atoms with E-state index in [4.69, 9.17) is 0 Å². The number of piperazine rings is 1. The SMILES string of the molecule is [CH2-][NH+]1CC2CCC1CN2. The molecule has 3 unspecified atom stereocenters. The van der Waals surface area contributed by atoms with Crippen LogP contribution in [-0.2, 0) is 0 Å². The van der Waals surface area contributed by atoms with Crippen LogP contribution in [0, 0.1) is 7.05 Å². The van der Waals surface area contributed by atoms with Crippen LogP contribution in [0.5, 0.6) is 0 Å². The molecule has 3 fully saturated rings. The van der Waals surface area contributed by atoms with E-state index in [1.165, 1.54) is 30.8 Å². The van der Waals surface area contributed by atoms with Gasteiger partial charge in [-0.2, -0.15) is 7.05 Å². The Labute approximate surface area is 56.2 Å². The van der Waals surface area contributed by atoms with E-state index in [0.717, 1.165) is 12.1 Å². The molecule has 3 aliphatic rings. The smallest absolute Gasteiger partial charge is 0.0762 e. The Morgan fingerprint density at radius 3 is 2.56 bits per heavy atom. The summed E-state index contributed by atoms with van der Waals surface area (Å²) < 4.78 is 0. The number of piperidine rings is 2. The predicted molar refractivity (Wildman–Crippen MR) is 36.0 cm³/mol. The van der Waals surface area contributed by atoms with E-state index in [1.807, 2.05) is 0 Å². The molecule has 2 bridgehead atoms. The molecule has 0 aromatic heterocycles. The first-order valence-electron chi connectivity index (χ1n) is 3.77. The summed E-state index contributed by atoms with van der Waals surface area (Å²) in [5.41, 5.74) is 0. The van der Waals surface area contributed by atoms with Crippen molar-refractivity contribution >= 4 is 0 Å². The third-order valence-corrected chi connectivity index (χ3v) is 2.60. The van der Waals surface area contributed by atoms with Gasteiger partial charge in [0, 0.05) is 13.0 Å². The molecule has 0 spiro atoms. The molecular weight excluding hydrogens is 112 g/mol. The van der Waals surface area contributed by atoms with Gasteiger partial charge in [0.1, 0.15) is 0 Å². The highest BCUT2D eigenvalue weighted by atomic mass is 15.2. The highest BCUT2D eigenvalue weighted by Crippen LogP contribution is 2.08. The summed E-state index contributed by atoms with van der Waals surface area (Å²) in [6.45, 7) is 2.44. The van der Waals surface area contributed by atoms with Crippen LogP contribution in [-0.4, -0.2) is 25.2 Å². The Balaban J connectivity index is 2.06. The lowest BCUT2D eigenvalue weighted by Crippen LogP contribution is -3.16. The van der Waals surface area contributed by atoms with Crippen molar-refractivity contribution in [2.45, 2.75) is 24.9 Å². The van der Waals surface area contributed by atoms with Crippen molar-refractivity contribution in [1.82, 2.24) is 5.32 Å². The Bertz CT molecular complexity index is 105. The minimum atomic E-state index is 0.780. The minimum Gasteiger partial charge on any atom is -0.463 e. The van der Waals surface area contributed by atoms with Gasteiger partial charge in [0.05, 0.1) is 18.6 Å². The lowest BCUT2D eigenvalue weighted by molar-refractivity contribution is -0.892. The Kier molecular flexibility index (Phi) is 1.24. The van der Waals surface area contributed by atoms with Gasteiger partial charge in [0.2, 0.25) is 0 Å². The van der Waals surface area contributed by atoms with Gasteiger partial charge in [-0.1, -0.05) is 0 Å². The number of rotatable bonds is 0. The van der Waals surface area contributed by atoms with Gasteiger partial charge in [0.25, 0.3) is 0 Å². The number of quaternary nitrogens is 1. The molecule has 3 atom stereocenters. The van der Waals surface area contributed by atoms with Crippen molar-refractivity contribution in [2.24, 2.45) is 0 Å². The lowest BCUT2D eigenvalue weighted by Gasteiger charge is -2.45. The second kappa shape index (κ2) is 1.96. The number of hydrogen-bond donors (Lipinski definition) is 2. The largest absolute Gasteiger partial charge is 0.463 e. The Hall–Kier alpha value is -0.0800. The zero-order chi connectivity index (χ0) is 6.27. The first-order chi connectivity index (χ1) is 4.36. The quantitative estimate of drug-likeness (QED) is 0.390. The first kappa shape index (κ1) is 5.69. The fourth-order valence-electron chi connectivity index (χ4n) is 1.92. The summed E-state index contributed by atoms with van der Waals surface area (Å²) in [4.78, 5) is 1.49. The summed E-state index contributed by atoms with van der Waals surface area (Å²) in [6.07, 6.45) is 2.76. The average Bonchev–Trinajstić information content (AvgIpc) is 1.90. The fraction of sp³-hybridized carbons (Fsp3) is 0.857. The summed E-state index contributed by atoms with van der Waals surface area (Å²) in [5, 5.41) is 3.49. The van der Waals surface area contributed by atoms with Crippen LogP contribution in [0.1, 0.15) is 12.8 Å². The molecule has 3 aliphatic heterocycles. The second-order valence-corrected chi connectivity index (χ2v) is 3.24. The van der Waals surface area contributed by atoms with Gasteiger partial charge < -0.3 is 10.2 Å². The number of nitrogens with one attached hydrogen (secondary N) is 2. The van der Waals surface area contributed by atoms with Crippen LogP contribution in [0.2, 0.25) is 0 Å². The van der Waals surface area contributed by atoms with E-state index < -0.39 is 0 Å². The van der Waals surface area contributed by atoms with Gasteiger partial charge in [-0.05, 0) is 6.42 Å². The van der Waals surface area contributed by atoms with Crippen molar-refractivity contribution in [1.29, 1.82) is 0 Å². The highest BCUT2D eigenvalue weighted by Gasteiger charge is 2.31. The minimum absolute atomic E-state index is 0.780. The van der Waals surface area contributed by atoms with Gasteiger partial charge in [0.15, 0.2) is 0 Å². The van der Waals surface area contributed by atoms with E-state index in [-0.39, 0.29) is 0 Å². The third-order valence-electron chi connectivity index (χ3n) is 2.60. The predicted octanol–water partition coefficient (Wildman–Crippen LogP) is -1.20. The normalized spacial score (nSPS) is 49.7. The maximum absolute atomic E-state index is 4.06. The van der Waals surface area contributed by atoms with Crippen LogP contribution in [0.15, 0.2) is 0 Å². The van der Waals surface area contributed by atoms with Gasteiger partial charge in [-0.15, -0.1) is 0 Å². The summed E-state index contributed by atoms with van der Waals surface area (Å²) in [6, 6.07) is 1.59. The van der Waals surface area contributed by atoms with E-state index in [1.54, 1.807) is 0 Å². The van der Waals surface area contributed by atoms with Crippen LogP contribution < -0.4 is 10.2 Å². The Morgan fingerprint density at radius 2 is 2.33 bits per heavy atom. The molecule has 3 heterocycles. The number of hydrogen-bond acceptors (Lipinski definition) is 1. The molecular formula is C7H14N2. The standard InChI is InChI=1S/C7H14N2/c1-9-5-6-2-3-7(9)4-8-6/h6-9H,1-5H2. The Morgan fingerprint density at radius 1 is 1.44 bits per heavy atom. The van der Waals surface area contributed by atoms with Crippen LogP contribution >= 0.6 is 0 Å².